The molecular weight excluding hydrogens is 301 g/mol. The van der Waals surface area contributed by atoms with E-state index in [-0.39, 0.29) is 5.71 Å². The van der Waals surface area contributed by atoms with Gasteiger partial charge < -0.3 is 0 Å². The van der Waals surface area contributed by atoms with Gasteiger partial charge in [0.05, 0.1) is 0 Å². The van der Waals surface area contributed by atoms with E-state index in [0.717, 1.165) is 0 Å². The molecule has 0 saturated heterocycles. The van der Waals surface area contributed by atoms with E-state index < -0.39 is 0 Å². The Morgan fingerprint density at radius 2 is 1.56 bits per heavy atom. The predicted molar refractivity (Wildman–Crippen MR) is 40.4 cm³/mol. The Morgan fingerprint density at radius 3 is 1.56 bits per heavy atom. The van der Waals surface area contributed by atoms with Crippen LogP contribution in [0.25, 0.3) is 0 Å². The third-order valence-electron chi connectivity index (χ3n) is 0.937. The van der Waals surface area contributed by atoms with E-state index in [0.29, 0.717) is 5.16 Å². The number of nitrogens with zero attached hydrogens (tertiary/aromatic N) is 1. The standard InChI is InChI=1S/C6H15NP.W/c1-6(2,3)8-7(4)5;/h1-5H3;/q-1;+2. The SMILES string of the molecule is CN(C)[P+](=[W])C(C)(C)C. The van der Waals surface area contributed by atoms with Gasteiger partial charge >= 0.3 is 69.2 Å². The van der Waals surface area contributed by atoms with Gasteiger partial charge in [0.25, 0.3) is 0 Å². The summed E-state index contributed by atoms with van der Waals surface area (Å²) in [6, 6.07) is 0. The van der Waals surface area contributed by atoms with E-state index in [1.165, 1.54) is 0 Å². The summed E-state index contributed by atoms with van der Waals surface area (Å²) in [4.78, 5) is 0. The average Bonchev–Trinajstić information content (AvgIpc) is 1.62. The van der Waals surface area contributed by atoms with Crippen LogP contribution in [0.4, 0.5) is 0 Å². The van der Waals surface area contributed by atoms with Crippen molar-refractivity contribution in [1.82, 2.24) is 4.67 Å². The molecule has 0 N–H and O–H groups in total. The van der Waals surface area contributed by atoms with Crippen molar-refractivity contribution in [3.63, 3.8) is 0 Å². The molecule has 0 spiro atoms. The molecule has 9 heavy (non-hydrogen) atoms. The third-order valence-corrected chi connectivity index (χ3v) is 12.2. The molecule has 0 saturated carbocycles. The van der Waals surface area contributed by atoms with Crippen LogP contribution >= 0.6 is 5.71 Å². The second-order valence-electron chi connectivity index (χ2n) is 3.29. The van der Waals surface area contributed by atoms with Crippen molar-refractivity contribution in [3.8, 4) is 0 Å². The topological polar surface area (TPSA) is 3.24 Å². The monoisotopic (exact) mass is 316 g/mol. The summed E-state index contributed by atoms with van der Waals surface area (Å²) in [5, 5.41) is 0.508. The minimum absolute atomic E-state index is 0.136. The van der Waals surface area contributed by atoms with E-state index in [2.05, 4.69) is 39.5 Å². The zero-order valence-electron chi connectivity index (χ0n) is 6.80. The fourth-order valence-corrected chi connectivity index (χ4v) is 1.80. The van der Waals surface area contributed by atoms with Gasteiger partial charge in [0.15, 0.2) is 0 Å². The average molecular weight is 316 g/mol. The van der Waals surface area contributed by atoms with Crippen molar-refractivity contribution in [2.24, 2.45) is 0 Å². The normalized spacial score (nSPS) is 14.2. The van der Waals surface area contributed by atoms with Crippen LogP contribution in [-0.2, 0) is 18.8 Å². The van der Waals surface area contributed by atoms with Crippen molar-refractivity contribution in [1.29, 1.82) is 0 Å². The molecule has 0 aliphatic rings. The first kappa shape index (κ1) is 9.95. The van der Waals surface area contributed by atoms with E-state index in [9.17, 15) is 0 Å². The zero-order valence-corrected chi connectivity index (χ0v) is 10.6. The predicted octanol–water partition coefficient (Wildman–Crippen LogP) is 2.21. The molecule has 0 bridgehead atoms. The molecule has 0 radical (unpaired) electrons. The van der Waals surface area contributed by atoms with Crippen LogP contribution in [-0.4, -0.2) is 23.9 Å². The molecule has 3 heteroatoms. The number of hydrogen-bond acceptors (Lipinski definition) is 1. The molecule has 0 aliphatic heterocycles. The summed E-state index contributed by atoms with van der Waals surface area (Å²) in [5.41, 5.74) is 0.136. The maximum absolute atomic E-state index is 2.35. The maximum atomic E-state index is 2.35. The van der Waals surface area contributed by atoms with Gasteiger partial charge in [-0.1, -0.05) is 0 Å². The van der Waals surface area contributed by atoms with Gasteiger partial charge in [0, 0.05) is 0 Å². The Hall–Kier alpha value is 0.948. The summed E-state index contributed by atoms with van der Waals surface area (Å²) in [6.07, 6.45) is 0. The molecule has 0 aliphatic carbocycles. The number of hydrogen-bond donors (Lipinski definition) is 0. The van der Waals surface area contributed by atoms with Crippen molar-refractivity contribution in [3.05, 3.63) is 0 Å². The Labute approximate surface area is 69.4 Å². The first-order valence-electron chi connectivity index (χ1n) is 3.00. The Kier molecular flexibility index (Phi) is 3.73. The molecule has 1 atom stereocenters. The van der Waals surface area contributed by atoms with E-state index in [4.69, 9.17) is 0 Å². The van der Waals surface area contributed by atoms with Crippen LogP contribution in [0.15, 0.2) is 0 Å². The van der Waals surface area contributed by atoms with Crippen LogP contribution in [0.5, 0.6) is 0 Å². The van der Waals surface area contributed by atoms with Gasteiger partial charge in [0.2, 0.25) is 0 Å². The molecule has 0 rings (SSSR count). The van der Waals surface area contributed by atoms with Gasteiger partial charge in [-0.2, -0.15) is 0 Å². The first-order chi connectivity index (χ1) is 3.85. The van der Waals surface area contributed by atoms with E-state index in [1.807, 2.05) is 0 Å². The van der Waals surface area contributed by atoms with Gasteiger partial charge in [-0.3, -0.25) is 0 Å². The zero-order chi connectivity index (χ0) is 7.65. The fraction of sp³-hybridized carbons (Fsp3) is 1.00. The molecule has 0 fully saturated rings. The summed E-state index contributed by atoms with van der Waals surface area (Å²) in [6.45, 7) is 6.93. The van der Waals surface area contributed by atoms with Crippen LogP contribution in [0.3, 0.4) is 0 Å². The summed E-state index contributed by atoms with van der Waals surface area (Å²) >= 11 is 1.72. The van der Waals surface area contributed by atoms with E-state index in [1.54, 1.807) is 18.8 Å². The Bertz CT molecular complexity index is 115. The molecule has 0 heterocycles. The van der Waals surface area contributed by atoms with Gasteiger partial charge in [-0.15, -0.1) is 0 Å². The summed E-state index contributed by atoms with van der Waals surface area (Å²) in [7, 11) is 4.34. The van der Waals surface area contributed by atoms with Crippen LogP contribution < -0.4 is 0 Å². The summed E-state index contributed by atoms with van der Waals surface area (Å²) in [5.74, 6) is 0. The summed E-state index contributed by atoms with van der Waals surface area (Å²) < 4.78 is 2.35. The number of rotatable bonds is 1. The van der Waals surface area contributed by atoms with Gasteiger partial charge in [0.1, 0.15) is 0 Å². The van der Waals surface area contributed by atoms with Crippen molar-refractivity contribution >= 4 is 5.71 Å². The second kappa shape index (κ2) is 3.37. The Balaban J connectivity index is 4.06. The molecular formula is C6H15NPW+. The third kappa shape index (κ3) is 3.60. The van der Waals surface area contributed by atoms with Crippen molar-refractivity contribution in [2.75, 3.05) is 14.1 Å². The molecule has 0 amide bonds. The van der Waals surface area contributed by atoms with Crippen LogP contribution in [0.2, 0.25) is 0 Å². The second-order valence-corrected chi connectivity index (χ2v) is 9.71. The van der Waals surface area contributed by atoms with Crippen molar-refractivity contribution in [2.45, 2.75) is 25.9 Å². The molecule has 0 aromatic rings. The van der Waals surface area contributed by atoms with Gasteiger partial charge in [-0.05, 0) is 0 Å². The van der Waals surface area contributed by atoms with Crippen molar-refractivity contribution < 1.29 is 18.8 Å². The van der Waals surface area contributed by atoms with E-state index >= 15 is 0 Å². The molecule has 0 aromatic carbocycles. The quantitative estimate of drug-likeness (QED) is 0.671. The van der Waals surface area contributed by atoms with Crippen LogP contribution in [0, 0.1) is 0 Å². The Morgan fingerprint density at radius 1 is 1.22 bits per heavy atom. The molecule has 1 nitrogen and oxygen atoms in total. The fourth-order valence-electron chi connectivity index (χ4n) is 0.600. The molecule has 0 aromatic heterocycles. The van der Waals surface area contributed by atoms with Gasteiger partial charge in [-0.25, -0.2) is 0 Å². The van der Waals surface area contributed by atoms with Crippen LogP contribution in [0.1, 0.15) is 20.8 Å². The molecule has 54 valence electrons. The molecule has 1 unspecified atom stereocenters. The minimum atomic E-state index is 0.136. The first-order valence-corrected chi connectivity index (χ1v) is 8.15.